The van der Waals surface area contributed by atoms with Crippen molar-refractivity contribution in [3.8, 4) is 0 Å². The SMILES string of the molecule is COCc1nc2cc(CC3CC3)cc(Br)n2n1. The van der Waals surface area contributed by atoms with E-state index in [-0.39, 0.29) is 0 Å². The summed E-state index contributed by atoms with van der Waals surface area (Å²) in [6, 6.07) is 4.26. The molecule has 0 unspecified atom stereocenters. The summed E-state index contributed by atoms with van der Waals surface area (Å²) in [6.07, 6.45) is 3.89. The zero-order valence-electron chi connectivity index (χ0n) is 9.69. The smallest absolute Gasteiger partial charge is 0.177 e. The first-order valence-electron chi connectivity index (χ1n) is 5.79. The monoisotopic (exact) mass is 295 g/mol. The third-order valence-corrected chi connectivity index (χ3v) is 3.56. The van der Waals surface area contributed by atoms with Crippen LogP contribution in [0.5, 0.6) is 0 Å². The van der Waals surface area contributed by atoms with Gasteiger partial charge in [0.25, 0.3) is 0 Å². The van der Waals surface area contributed by atoms with Crippen LogP contribution in [0, 0.1) is 5.92 Å². The third kappa shape index (κ3) is 2.35. The lowest BCUT2D eigenvalue weighted by atomic mass is 10.1. The van der Waals surface area contributed by atoms with E-state index in [1.54, 1.807) is 7.11 Å². The number of pyridine rings is 1. The van der Waals surface area contributed by atoms with E-state index in [0.717, 1.165) is 28.4 Å². The van der Waals surface area contributed by atoms with E-state index in [1.165, 1.54) is 18.4 Å². The third-order valence-electron chi connectivity index (χ3n) is 2.99. The number of nitrogens with zero attached hydrogens (tertiary/aromatic N) is 3. The summed E-state index contributed by atoms with van der Waals surface area (Å²) >= 11 is 3.54. The van der Waals surface area contributed by atoms with Crippen LogP contribution in [0.15, 0.2) is 16.7 Å². The molecule has 17 heavy (non-hydrogen) atoms. The van der Waals surface area contributed by atoms with E-state index in [9.17, 15) is 0 Å². The van der Waals surface area contributed by atoms with Crippen LogP contribution in [0.4, 0.5) is 0 Å². The molecular formula is C12H14BrN3O. The lowest BCUT2D eigenvalue weighted by Crippen LogP contribution is -1.95. The maximum absolute atomic E-state index is 5.05. The highest BCUT2D eigenvalue weighted by Gasteiger charge is 2.22. The van der Waals surface area contributed by atoms with Crippen molar-refractivity contribution in [1.29, 1.82) is 0 Å². The average Bonchev–Trinajstić information content (AvgIpc) is 2.98. The van der Waals surface area contributed by atoms with Crippen LogP contribution in [0.25, 0.3) is 5.65 Å². The Bertz CT molecular complexity index is 548. The van der Waals surface area contributed by atoms with E-state index < -0.39 is 0 Å². The number of ether oxygens (including phenoxy) is 1. The van der Waals surface area contributed by atoms with Gasteiger partial charge in [-0.15, -0.1) is 5.10 Å². The molecule has 5 heteroatoms. The van der Waals surface area contributed by atoms with E-state index in [2.05, 4.69) is 38.1 Å². The first-order valence-corrected chi connectivity index (χ1v) is 6.58. The molecule has 2 aromatic heterocycles. The van der Waals surface area contributed by atoms with Gasteiger partial charge in [0.1, 0.15) is 11.2 Å². The first kappa shape index (κ1) is 11.2. The fourth-order valence-electron chi connectivity index (χ4n) is 2.00. The Balaban J connectivity index is 1.98. The van der Waals surface area contributed by atoms with E-state index in [4.69, 9.17) is 4.74 Å². The van der Waals surface area contributed by atoms with Gasteiger partial charge in [0.15, 0.2) is 11.5 Å². The van der Waals surface area contributed by atoms with Crippen molar-refractivity contribution in [1.82, 2.24) is 14.6 Å². The molecule has 1 aliphatic carbocycles. The maximum atomic E-state index is 5.05. The summed E-state index contributed by atoms with van der Waals surface area (Å²) in [5.41, 5.74) is 2.23. The van der Waals surface area contributed by atoms with Crippen LogP contribution in [-0.2, 0) is 17.8 Å². The molecule has 2 heterocycles. The van der Waals surface area contributed by atoms with Crippen LogP contribution in [-0.4, -0.2) is 21.7 Å². The van der Waals surface area contributed by atoms with Gasteiger partial charge in [-0.2, -0.15) is 0 Å². The molecule has 1 aliphatic rings. The van der Waals surface area contributed by atoms with Gasteiger partial charge in [0.05, 0.1) is 0 Å². The Hall–Kier alpha value is -0.940. The summed E-state index contributed by atoms with van der Waals surface area (Å²) in [7, 11) is 1.65. The number of fused-ring (bicyclic) bond motifs is 1. The number of methoxy groups -OCH3 is 1. The molecule has 1 saturated carbocycles. The van der Waals surface area contributed by atoms with E-state index in [0.29, 0.717) is 6.61 Å². The molecule has 0 amide bonds. The minimum absolute atomic E-state index is 0.450. The summed E-state index contributed by atoms with van der Waals surface area (Å²) in [4.78, 5) is 4.45. The number of aromatic nitrogens is 3. The molecule has 0 spiro atoms. The normalized spacial score (nSPS) is 15.6. The largest absolute Gasteiger partial charge is 0.377 e. The lowest BCUT2D eigenvalue weighted by molar-refractivity contribution is 0.178. The van der Waals surface area contributed by atoms with Crippen molar-refractivity contribution in [2.24, 2.45) is 5.92 Å². The van der Waals surface area contributed by atoms with Crippen molar-refractivity contribution in [3.63, 3.8) is 0 Å². The molecule has 0 aliphatic heterocycles. The van der Waals surface area contributed by atoms with Crippen molar-refractivity contribution in [3.05, 3.63) is 28.1 Å². The topological polar surface area (TPSA) is 39.4 Å². The minimum atomic E-state index is 0.450. The van der Waals surface area contributed by atoms with Crippen LogP contribution in [0.1, 0.15) is 24.2 Å². The molecule has 0 atom stereocenters. The van der Waals surface area contributed by atoms with E-state index in [1.807, 2.05) is 4.52 Å². The van der Waals surface area contributed by atoms with Gasteiger partial charge in [-0.05, 0) is 58.8 Å². The zero-order chi connectivity index (χ0) is 11.8. The number of hydrogen-bond acceptors (Lipinski definition) is 3. The summed E-state index contributed by atoms with van der Waals surface area (Å²) in [5.74, 6) is 1.60. The molecule has 1 fully saturated rings. The second kappa shape index (κ2) is 4.38. The molecule has 0 radical (unpaired) electrons. The van der Waals surface area contributed by atoms with Gasteiger partial charge >= 0.3 is 0 Å². The zero-order valence-corrected chi connectivity index (χ0v) is 11.3. The Kier molecular flexibility index (Phi) is 2.88. The Labute approximate surface area is 108 Å². The van der Waals surface area contributed by atoms with Gasteiger partial charge in [-0.1, -0.05) is 0 Å². The van der Waals surface area contributed by atoms with Gasteiger partial charge in [0.2, 0.25) is 0 Å². The fourth-order valence-corrected chi connectivity index (χ4v) is 2.56. The highest BCUT2D eigenvalue weighted by atomic mass is 79.9. The van der Waals surface area contributed by atoms with Crippen LogP contribution >= 0.6 is 15.9 Å². The van der Waals surface area contributed by atoms with E-state index >= 15 is 0 Å². The second-order valence-corrected chi connectivity index (χ2v) is 5.38. The predicted octanol–water partition coefficient (Wildman–Crippen LogP) is 2.59. The maximum Gasteiger partial charge on any atom is 0.177 e. The average molecular weight is 296 g/mol. The molecule has 3 rings (SSSR count). The molecule has 2 aromatic rings. The molecule has 0 aromatic carbocycles. The van der Waals surface area contributed by atoms with Crippen molar-refractivity contribution < 1.29 is 4.74 Å². The van der Waals surface area contributed by atoms with Crippen molar-refractivity contribution >= 4 is 21.6 Å². The lowest BCUT2D eigenvalue weighted by Gasteiger charge is -2.02. The second-order valence-electron chi connectivity index (χ2n) is 4.56. The summed E-state index contributed by atoms with van der Waals surface area (Å²) in [6.45, 7) is 0.450. The fraction of sp³-hybridized carbons (Fsp3) is 0.500. The van der Waals surface area contributed by atoms with Crippen molar-refractivity contribution in [2.45, 2.75) is 25.9 Å². The molecule has 4 nitrogen and oxygen atoms in total. The van der Waals surface area contributed by atoms with Gasteiger partial charge in [-0.25, -0.2) is 9.50 Å². The number of rotatable bonds is 4. The minimum Gasteiger partial charge on any atom is -0.377 e. The van der Waals surface area contributed by atoms with Crippen LogP contribution in [0.2, 0.25) is 0 Å². The van der Waals surface area contributed by atoms with Gasteiger partial charge in [-0.3, -0.25) is 0 Å². The Morgan fingerprint density at radius 2 is 2.29 bits per heavy atom. The van der Waals surface area contributed by atoms with Gasteiger partial charge in [0, 0.05) is 7.11 Å². The molecule has 0 bridgehead atoms. The Morgan fingerprint density at radius 1 is 1.47 bits per heavy atom. The standard InChI is InChI=1S/C12H14BrN3O/c1-17-7-11-14-12-6-9(4-8-2-3-8)5-10(13)16(12)15-11/h5-6,8H,2-4,7H2,1H3. The highest BCUT2D eigenvalue weighted by molar-refractivity contribution is 9.10. The van der Waals surface area contributed by atoms with Crippen LogP contribution in [0.3, 0.4) is 0 Å². The Morgan fingerprint density at radius 3 is 3.00 bits per heavy atom. The first-order chi connectivity index (χ1) is 8.26. The number of halogens is 1. The molecule has 0 N–H and O–H groups in total. The molecule has 90 valence electrons. The predicted molar refractivity (Wildman–Crippen MR) is 67.8 cm³/mol. The quantitative estimate of drug-likeness (QED) is 0.814. The van der Waals surface area contributed by atoms with Gasteiger partial charge < -0.3 is 4.74 Å². The molecule has 0 saturated heterocycles. The molecular weight excluding hydrogens is 282 g/mol. The highest BCUT2D eigenvalue weighted by Crippen LogP contribution is 2.33. The summed E-state index contributed by atoms with van der Waals surface area (Å²) in [5, 5.41) is 4.37. The van der Waals surface area contributed by atoms with Crippen LogP contribution < -0.4 is 0 Å². The summed E-state index contributed by atoms with van der Waals surface area (Å²) < 4.78 is 7.82. The van der Waals surface area contributed by atoms with Crippen molar-refractivity contribution in [2.75, 3.05) is 7.11 Å². The number of hydrogen-bond donors (Lipinski definition) is 0.